The van der Waals surface area contributed by atoms with E-state index in [9.17, 15) is 9.59 Å². The van der Waals surface area contributed by atoms with Crippen molar-refractivity contribution in [2.45, 2.75) is 27.4 Å². The van der Waals surface area contributed by atoms with E-state index in [0.717, 1.165) is 21.6 Å². The molecule has 0 aliphatic rings. The Hall–Kier alpha value is -3.29. The number of esters is 1. The fourth-order valence-electron chi connectivity index (χ4n) is 3.14. The Labute approximate surface area is 208 Å². The molecule has 0 fully saturated rings. The molecule has 1 aromatic heterocycles. The molecule has 1 heterocycles. The molecule has 1 N–H and O–H groups in total. The SMILES string of the molecule is CCOC(=O)c1c(NC(=O)C=Cc2ccc(OCc3ccc(Cl)cc3)c(OC)c2)sc(C)c1C. The Kier molecular flexibility index (Phi) is 8.73. The molecule has 0 unspecified atom stereocenters. The number of nitrogens with one attached hydrogen (secondary N) is 1. The van der Waals surface area contributed by atoms with E-state index in [4.69, 9.17) is 25.8 Å². The summed E-state index contributed by atoms with van der Waals surface area (Å²) in [5.41, 5.74) is 2.94. The molecule has 0 atom stereocenters. The van der Waals surface area contributed by atoms with Crippen LogP contribution in [0.15, 0.2) is 48.5 Å². The zero-order chi connectivity index (χ0) is 24.7. The molecule has 8 heteroatoms. The first kappa shape index (κ1) is 25.3. The first-order valence-corrected chi connectivity index (χ1v) is 11.8. The second-order valence-corrected chi connectivity index (χ2v) is 9.02. The Bertz CT molecular complexity index is 1200. The van der Waals surface area contributed by atoms with Gasteiger partial charge in [0.25, 0.3) is 0 Å². The maximum atomic E-state index is 12.5. The van der Waals surface area contributed by atoms with Crippen LogP contribution in [0.25, 0.3) is 6.08 Å². The van der Waals surface area contributed by atoms with E-state index in [1.165, 1.54) is 17.4 Å². The highest BCUT2D eigenvalue weighted by atomic mass is 35.5. The lowest BCUT2D eigenvalue weighted by molar-refractivity contribution is -0.111. The number of halogens is 1. The van der Waals surface area contributed by atoms with E-state index in [-0.39, 0.29) is 12.5 Å². The van der Waals surface area contributed by atoms with Gasteiger partial charge >= 0.3 is 5.97 Å². The van der Waals surface area contributed by atoms with Crippen LogP contribution in [0, 0.1) is 13.8 Å². The lowest BCUT2D eigenvalue weighted by Gasteiger charge is -2.11. The summed E-state index contributed by atoms with van der Waals surface area (Å²) >= 11 is 7.26. The zero-order valence-corrected chi connectivity index (χ0v) is 21.0. The maximum absolute atomic E-state index is 12.5. The van der Waals surface area contributed by atoms with Gasteiger partial charge in [-0.15, -0.1) is 11.3 Å². The second-order valence-electron chi connectivity index (χ2n) is 7.36. The number of carbonyl (C=O) groups excluding carboxylic acids is 2. The van der Waals surface area contributed by atoms with Crippen molar-refractivity contribution in [3.8, 4) is 11.5 Å². The van der Waals surface area contributed by atoms with Gasteiger partial charge in [0.1, 0.15) is 11.6 Å². The summed E-state index contributed by atoms with van der Waals surface area (Å²) in [6.07, 6.45) is 3.07. The van der Waals surface area contributed by atoms with Crippen molar-refractivity contribution in [3.05, 3.63) is 80.7 Å². The van der Waals surface area contributed by atoms with Crippen molar-refractivity contribution >= 4 is 45.9 Å². The van der Waals surface area contributed by atoms with Gasteiger partial charge in [-0.05, 0) is 67.8 Å². The molecule has 0 spiro atoms. The number of rotatable bonds is 9. The van der Waals surface area contributed by atoms with E-state index in [2.05, 4.69) is 5.32 Å². The number of ether oxygens (including phenoxy) is 3. The van der Waals surface area contributed by atoms with Gasteiger partial charge in [-0.3, -0.25) is 4.79 Å². The van der Waals surface area contributed by atoms with Crippen molar-refractivity contribution in [1.29, 1.82) is 0 Å². The van der Waals surface area contributed by atoms with E-state index >= 15 is 0 Å². The average Bonchev–Trinajstić information content (AvgIpc) is 3.10. The molecular weight excluding hydrogens is 474 g/mol. The van der Waals surface area contributed by atoms with Crippen LogP contribution in [-0.2, 0) is 16.1 Å². The summed E-state index contributed by atoms with van der Waals surface area (Å²) in [5.74, 6) is 0.338. The van der Waals surface area contributed by atoms with E-state index in [1.807, 2.05) is 44.2 Å². The van der Waals surface area contributed by atoms with E-state index < -0.39 is 5.97 Å². The number of hydrogen-bond donors (Lipinski definition) is 1. The van der Waals surface area contributed by atoms with Crippen molar-refractivity contribution in [3.63, 3.8) is 0 Å². The molecule has 0 radical (unpaired) electrons. The highest BCUT2D eigenvalue weighted by molar-refractivity contribution is 7.16. The number of amides is 1. The predicted octanol–water partition coefficient (Wildman–Crippen LogP) is 6.43. The minimum atomic E-state index is -0.442. The van der Waals surface area contributed by atoms with Crippen LogP contribution in [0.2, 0.25) is 5.02 Å². The summed E-state index contributed by atoms with van der Waals surface area (Å²) in [6.45, 7) is 6.12. The number of carbonyl (C=O) groups is 2. The third kappa shape index (κ3) is 6.40. The molecule has 6 nitrogen and oxygen atoms in total. The van der Waals surface area contributed by atoms with Crippen LogP contribution < -0.4 is 14.8 Å². The van der Waals surface area contributed by atoms with Gasteiger partial charge in [0.05, 0.1) is 19.3 Å². The molecule has 0 saturated heterocycles. The topological polar surface area (TPSA) is 73.9 Å². The molecule has 0 aliphatic carbocycles. The normalized spacial score (nSPS) is 10.9. The van der Waals surface area contributed by atoms with Gasteiger partial charge in [-0.2, -0.15) is 0 Å². The maximum Gasteiger partial charge on any atom is 0.341 e. The van der Waals surface area contributed by atoms with Crippen molar-refractivity contribution in [2.24, 2.45) is 0 Å². The zero-order valence-electron chi connectivity index (χ0n) is 19.4. The molecule has 34 heavy (non-hydrogen) atoms. The van der Waals surface area contributed by atoms with Crippen LogP contribution in [0.4, 0.5) is 5.00 Å². The number of benzene rings is 2. The lowest BCUT2D eigenvalue weighted by atomic mass is 10.1. The van der Waals surface area contributed by atoms with Crippen molar-refractivity contribution < 1.29 is 23.8 Å². The van der Waals surface area contributed by atoms with Crippen LogP contribution in [-0.4, -0.2) is 25.6 Å². The molecule has 178 valence electrons. The largest absolute Gasteiger partial charge is 0.493 e. The molecule has 1 amide bonds. The second kappa shape index (κ2) is 11.7. The van der Waals surface area contributed by atoms with Crippen LogP contribution in [0.5, 0.6) is 11.5 Å². The molecule has 3 aromatic rings. The quantitative estimate of drug-likeness (QED) is 0.271. The van der Waals surface area contributed by atoms with Crippen LogP contribution >= 0.6 is 22.9 Å². The highest BCUT2D eigenvalue weighted by Crippen LogP contribution is 2.33. The average molecular weight is 500 g/mol. The van der Waals surface area contributed by atoms with E-state index in [1.54, 1.807) is 32.2 Å². The molecule has 0 aliphatic heterocycles. The molecule has 2 aromatic carbocycles. The van der Waals surface area contributed by atoms with Gasteiger partial charge in [0.15, 0.2) is 11.5 Å². The molecule has 3 rings (SSSR count). The highest BCUT2D eigenvalue weighted by Gasteiger charge is 2.21. The minimum Gasteiger partial charge on any atom is -0.493 e. The number of hydrogen-bond acceptors (Lipinski definition) is 6. The minimum absolute atomic E-state index is 0.266. The first-order chi connectivity index (χ1) is 16.3. The van der Waals surface area contributed by atoms with Gasteiger partial charge in [0, 0.05) is 16.0 Å². The van der Waals surface area contributed by atoms with E-state index in [0.29, 0.717) is 33.7 Å². The summed E-state index contributed by atoms with van der Waals surface area (Å²) < 4.78 is 16.4. The van der Waals surface area contributed by atoms with Gasteiger partial charge < -0.3 is 19.5 Å². The Morgan fingerprint density at radius 1 is 1.09 bits per heavy atom. The fourth-order valence-corrected chi connectivity index (χ4v) is 4.32. The monoisotopic (exact) mass is 499 g/mol. The van der Waals surface area contributed by atoms with Crippen molar-refractivity contribution in [1.82, 2.24) is 0 Å². The lowest BCUT2D eigenvalue weighted by Crippen LogP contribution is -2.12. The third-order valence-corrected chi connectivity index (χ3v) is 6.40. The number of methoxy groups -OCH3 is 1. The van der Waals surface area contributed by atoms with Crippen molar-refractivity contribution in [2.75, 3.05) is 19.0 Å². The van der Waals surface area contributed by atoms with Gasteiger partial charge in [0.2, 0.25) is 5.91 Å². The summed E-state index contributed by atoms with van der Waals surface area (Å²) in [7, 11) is 1.56. The fraction of sp³-hybridized carbons (Fsp3) is 0.231. The smallest absolute Gasteiger partial charge is 0.341 e. The number of thiophene rings is 1. The van der Waals surface area contributed by atoms with Crippen LogP contribution in [0.1, 0.15) is 38.8 Å². The number of aryl methyl sites for hydroxylation is 1. The third-order valence-electron chi connectivity index (χ3n) is 5.02. The molecule has 0 bridgehead atoms. The van der Waals surface area contributed by atoms with Gasteiger partial charge in [-0.1, -0.05) is 29.8 Å². The standard InChI is InChI=1S/C26H26ClNO5S/c1-5-32-26(30)24-16(2)17(3)34-25(24)28-23(29)13-9-18-8-12-21(22(14-18)31-4)33-15-19-6-10-20(27)11-7-19/h6-14H,5,15H2,1-4H3,(H,28,29). The predicted molar refractivity (Wildman–Crippen MR) is 136 cm³/mol. The molecule has 0 saturated carbocycles. The summed E-state index contributed by atoms with van der Waals surface area (Å²) in [5, 5.41) is 3.94. The Balaban J connectivity index is 1.68. The first-order valence-electron chi connectivity index (χ1n) is 10.6. The summed E-state index contributed by atoms with van der Waals surface area (Å²) in [4.78, 5) is 25.8. The van der Waals surface area contributed by atoms with Gasteiger partial charge in [-0.25, -0.2) is 4.79 Å². The molecular formula is C26H26ClNO5S. The van der Waals surface area contributed by atoms with Crippen LogP contribution in [0.3, 0.4) is 0 Å². The summed E-state index contributed by atoms with van der Waals surface area (Å²) in [6, 6.07) is 12.8. The Morgan fingerprint density at radius 3 is 2.50 bits per heavy atom. The number of anilines is 1. The Morgan fingerprint density at radius 2 is 1.82 bits per heavy atom.